The van der Waals surface area contributed by atoms with Gasteiger partial charge >= 0.3 is 0 Å². The largest absolute Gasteiger partial charge is 0.385 e. The van der Waals surface area contributed by atoms with E-state index in [1.807, 2.05) is 6.92 Å². The molecule has 0 radical (unpaired) electrons. The van der Waals surface area contributed by atoms with E-state index in [1.165, 1.54) is 22.4 Å². The van der Waals surface area contributed by atoms with Crippen LogP contribution in [0.1, 0.15) is 97.5 Å². The molecule has 0 amide bonds. The number of aliphatic hydroxyl groups is 1. The highest BCUT2D eigenvalue weighted by molar-refractivity contribution is 5.50. The van der Waals surface area contributed by atoms with Gasteiger partial charge in [0.25, 0.3) is 0 Å². The third kappa shape index (κ3) is 4.37. The summed E-state index contributed by atoms with van der Waals surface area (Å²) < 4.78 is 19.3. The van der Waals surface area contributed by atoms with E-state index in [4.69, 9.17) is 14.2 Å². The summed E-state index contributed by atoms with van der Waals surface area (Å²) >= 11 is 0. The number of hydrogen-bond acceptors (Lipinski definition) is 5. The minimum atomic E-state index is -0.856. The first kappa shape index (κ1) is 28.3. The molecule has 0 bridgehead atoms. The van der Waals surface area contributed by atoms with Crippen molar-refractivity contribution in [3.63, 3.8) is 0 Å². The zero-order valence-electron chi connectivity index (χ0n) is 25.7. The van der Waals surface area contributed by atoms with Crippen molar-refractivity contribution in [2.75, 3.05) is 32.2 Å². The van der Waals surface area contributed by atoms with E-state index in [9.17, 15) is 5.11 Å². The van der Waals surface area contributed by atoms with E-state index in [0.717, 1.165) is 44.9 Å². The SMILES string of the molecule is CC#C[C@]1(OC(C)(C)C)CC[C@H]2[C@@H]3CC[C@@]4(O)CC5(CCC4=C3[C@@H](c3ccc(N(C)C)cc3)C[C@@]21C)OCCO5. The van der Waals surface area contributed by atoms with Crippen LogP contribution in [0.5, 0.6) is 0 Å². The number of anilines is 1. The van der Waals surface area contributed by atoms with Crippen molar-refractivity contribution in [2.45, 2.75) is 114 Å². The summed E-state index contributed by atoms with van der Waals surface area (Å²) in [5.74, 6) is 7.48. The van der Waals surface area contributed by atoms with Crippen molar-refractivity contribution in [3.8, 4) is 11.8 Å². The van der Waals surface area contributed by atoms with Gasteiger partial charge in [0.05, 0.1) is 24.4 Å². The van der Waals surface area contributed by atoms with E-state index in [0.29, 0.717) is 31.5 Å². The zero-order chi connectivity index (χ0) is 28.6. The molecule has 4 aliphatic carbocycles. The summed E-state index contributed by atoms with van der Waals surface area (Å²) in [5.41, 5.74) is 3.64. The maximum absolute atomic E-state index is 12.3. The molecule has 3 saturated carbocycles. The molecule has 1 spiro atoms. The van der Waals surface area contributed by atoms with Crippen molar-refractivity contribution >= 4 is 5.69 Å². The number of ether oxygens (including phenoxy) is 3. The molecule has 1 saturated heterocycles. The molecule has 1 aromatic carbocycles. The van der Waals surface area contributed by atoms with Crippen LogP contribution in [0.2, 0.25) is 0 Å². The van der Waals surface area contributed by atoms with Crippen molar-refractivity contribution in [2.24, 2.45) is 17.3 Å². The molecule has 0 unspecified atom stereocenters. The Kier molecular flexibility index (Phi) is 6.79. The summed E-state index contributed by atoms with van der Waals surface area (Å²) in [5, 5.41) is 12.3. The molecule has 5 aliphatic rings. The van der Waals surface area contributed by atoms with Crippen LogP contribution in [0.25, 0.3) is 0 Å². The fourth-order valence-corrected chi connectivity index (χ4v) is 9.43. The Morgan fingerprint density at radius 3 is 2.35 bits per heavy atom. The first-order valence-corrected chi connectivity index (χ1v) is 15.5. The molecule has 1 aromatic rings. The van der Waals surface area contributed by atoms with Gasteiger partial charge in [0.1, 0.15) is 5.60 Å². The lowest BCUT2D eigenvalue weighted by Gasteiger charge is -2.58. The summed E-state index contributed by atoms with van der Waals surface area (Å²) in [6.07, 6.45) is 7.05. The molecule has 5 nitrogen and oxygen atoms in total. The molecule has 1 N–H and O–H groups in total. The zero-order valence-corrected chi connectivity index (χ0v) is 25.7. The smallest absolute Gasteiger partial charge is 0.171 e. The average Bonchev–Trinajstić information content (AvgIpc) is 3.44. The van der Waals surface area contributed by atoms with Gasteiger partial charge in [-0.1, -0.05) is 30.6 Å². The topological polar surface area (TPSA) is 51.2 Å². The fourth-order valence-electron chi connectivity index (χ4n) is 9.43. The summed E-state index contributed by atoms with van der Waals surface area (Å²) in [6, 6.07) is 9.13. The van der Waals surface area contributed by atoms with Crippen LogP contribution in [-0.2, 0) is 14.2 Å². The first-order valence-electron chi connectivity index (χ1n) is 15.5. The van der Waals surface area contributed by atoms with Gasteiger partial charge in [0.2, 0.25) is 0 Å². The quantitative estimate of drug-likeness (QED) is 0.341. The molecule has 1 aliphatic heterocycles. The Morgan fingerprint density at radius 2 is 1.73 bits per heavy atom. The van der Waals surface area contributed by atoms with Gasteiger partial charge in [0, 0.05) is 44.0 Å². The third-order valence-electron chi connectivity index (χ3n) is 11.0. The predicted molar refractivity (Wildman–Crippen MR) is 159 cm³/mol. The molecule has 40 heavy (non-hydrogen) atoms. The van der Waals surface area contributed by atoms with E-state index in [1.54, 1.807) is 0 Å². The predicted octanol–water partition coefficient (Wildman–Crippen LogP) is 6.60. The molecule has 5 heteroatoms. The summed E-state index contributed by atoms with van der Waals surface area (Å²) in [4.78, 5) is 2.16. The molecule has 1 heterocycles. The second kappa shape index (κ2) is 9.60. The lowest BCUT2D eigenvalue weighted by Crippen LogP contribution is -2.57. The lowest BCUT2D eigenvalue weighted by atomic mass is 9.49. The second-order valence-corrected chi connectivity index (χ2v) is 14.6. The van der Waals surface area contributed by atoms with Crippen LogP contribution < -0.4 is 4.90 Å². The number of allylic oxidation sites excluding steroid dienone is 1. The van der Waals surface area contributed by atoms with Crippen LogP contribution in [0.4, 0.5) is 5.69 Å². The highest BCUT2D eigenvalue weighted by Gasteiger charge is 2.66. The second-order valence-electron chi connectivity index (χ2n) is 14.6. The fraction of sp³-hybridized carbons (Fsp3) is 0.714. The Morgan fingerprint density at radius 1 is 1.02 bits per heavy atom. The summed E-state index contributed by atoms with van der Waals surface area (Å²) in [6.45, 7) is 12.2. The maximum atomic E-state index is 12.3. The van der Waals surface area contributed by atoms with Gasteiger partial charge in [-0.05, 0) is 101 Å². The van der Waals surface area contributed by atoms with Crippen LogP contribution in [0.15, 0.2) is 35.4 Å². The molecular weight excluding hydrogens is 498 g/mol. The standard InChI is InChI=1S/C35H49NO4/c1-8-16-34(40-31(2,3)4)18-14-28-26-13-17-33(37)23-35(38-20-21-39-35)19-15-29(33)30(26)27(22-32(28,34)5)24-9-11-25(12-10-24)36(6)7/h9-12,26-28,37H,13-15,17-23H2,1-7H3/t26-,27+,28-,32-,33+,34-/m0/s1. The number of fused-ring (bicyclic) bond motifs is 4. The van der Waals surface area contributed by atoms with Crippen molar-refractivity contribution < 1.29 is 19.3 Å². The number of benzene rings is 1. The van der Waals surface area contributed by atoms with E-state index in [2.05, 4.69) is 82.8 Å². The van der Waals surface area contributed by atoms with E-state index < -0.39 is 17.0 Å². The van der Waals surface area contributed by atoms with Gasteiger partial charge < -0.3 is 24.2 Å². The molecule has 6 rings (SSSR count). The minimum absolute atomic E-state index is 0.0913. The lowest BCUT2D eigenvalue weighted by molar-refractivity contribution is -0.209. The van der Waals surface area contributed by atoms with Crippen molar-refractivity contribution in [1.82, 2.24) is 0 Å². The Bertz CT molecular complexity index is 1230. The Hall–Kier alpha value is -1.84. The Balaban J connectivity index is 1.49. The van der Waals surface area contributed by atoms with Crippen molar-refractivity contribution in [1.29, 1.82) is 0 Å². The van der Waals surface area contributed by atoms with Crippen molar-refractivity contribution in [3.05, 3.63) is 41.0 Å². The number of hydrogen-bond donors (Lipinski definition) is 1. The highest BCUT2D eigenvalue weighted by atomic mass is 16.7. The third-order valence-corrected chi connectivity index (χ3v) is 11.0. The molecule has 6 atom stereocenters. The monoisotopic (exact) mass is 547 g/mol. The normalized spacial score (nSPS) is 38.4. The van der Waals surface area contributed by atoms with E-state index in [-0.39, 0.29) is 16.9 Å². The van der Waals surface area contributed by atoms with Crippen LogP contribution in [-0.4, -0.2) is 55.0 Å². The van der Waals surface area contributed by atoms with E-state index >= 15 is 0 Å². The average molecular weight is 548 g/mol. The van der Waals surface area contributed by atoms with Gasteiger partial charge in [-0.15, -0.1) is 5.92 Å². The van der Waals surface area contributed by atoms with Gasteiger partial charge in [-0.25, -0.2) is 0 Å². The number of rotatable bonds is 3. The van der Waals surface area contributed by atoms with Crippen LogP contribution >= 0.6 is 0 Å². The summed E-state index contributed by atoms with van der Waals surface area (Å²) in [7, 11) is 4.18. The number of nitrogens with zero attached hydrogens (tertiary/aromatic N) is 1. The molecular formula is C35H49NO4. The molecule has 0 aromatic heterocycles. The van der Waals surface area contributed by atoms with Gasteiger partial charge in [-0.3, -0.25) is 0 Å². The molecule has 4 fully saturated rings. The van der Waals surface area contributed by atoms with Gasteiger partial charge in [0.15, 0.2) is 5.79 Å². The highest BCUT2D eigenvalue weighted by Crippen LogP contribution is 2.69. The molecule has 218 valence electrons. The van der Waals surface area contributed by atoms with Crippen LogP contribution in [0, 0.1) is 29.1 Å². The maximum Gasteiger partial charge on any atom is 0.171 e. The minimum Gasteiger partial charge on any atom is -0.385 e. The Labute approximate surface area is 241 Å². The van der Waals surface area contributed by atoms with Crippen LogP contribution in [0.3, 0.4) is 0 Å². The first-order chi connectivity index (χ1) is 18.8. The van der Waals surface area contributed by atoms with Gasteiger partial charge in [-0.2, -0.15) is 0 Å².